The fourth-order valence-electron chi connectivity index (χ4n) is 2.45. The maximum absolute atomic E-state index is 12.2. The van der Waals surface area contributed by atoms with E-state index in [4.69, 9.17) is 0 Å². The third-order valence-electron chi connectivity index (χ3n) is 3.51. The molecule has 0 radical (unpaired) electrons. The summed E-state index contributed by atoms with van der Waals surface area (Å²) in [5.74, 6) is 0. The van der Waals surface area contributed by atoms with Crippen molar-refractivity contribution in [3.63, 3.8) is 0 Å². The standard InChI is InChI=1S/C14H22N4O3S/c1-11-5-6-12(8-15-11)9-16-14(19)18-7-3-4-13(10-18)17-22(2,20)21/h5-6,8,13,17H,3-4,7,9-10H2,1-2H3,(H,16,19). The Kier molecular flexibility index (Phi) is 5.36. The van der Waals surface area contributed by atoms with Crippen molar-refractivity contribution in [1.29, 1.82) is 0 Å². The lowest BCUT2D eigenvalue weighted by molar-refractivity contribution is 0.177. The van der Waals surface area contributed by atoms with Gasteiger partial charge in [0.1, 0.15) is 0 Å². The number of urea groups is 1. The molecule has 0 spiro atoms. The largest absolute Gasteiger partial charge is 0.334 e. The molecule has 1 aliphatic heterocycles. The van der Waals surface area contributed by atoms with Crippen LogP contribution in [0.15, 0.2) is 18.3 Å². The average Bonchev–Trinajstić information content (AvgIpc) is 2.45. The van der Waals surface area contributed by atoms with Crippen LogP contribution in [0.1, 0.15) is 24.1 Å². The van der Waals surface area contributed by atoms with Crippen LogP contribution in [0.3, 0.4) is 0 Å². The molecule has 1 aromatic heterocycles. The van der Waals surface area contributed by atoms with E-state index in [-0.39, 0.29) is 12.1 Å². The molecule has 0 bridgehead atoms. The Bertz CT molecular complexity index is 615. The second kappa shape index (κ2) is 7.06. The number of sulfonamides is 1. The number of nitrogens with one attached hydrogen (secondary N) is 2. The van der Waals surface area contributed by atoms with E-state index in [9.17, 15) is 13.2 Å². The molecule has 1 aliphatic rings. The normalized spacial score (nSPS) is 19.0. The van der Waals surface area contributed by atoms with Crippen LogP contribution in [-0.4, -0.2) is 49.7 Å². The Balaban J connectivity index is 1.85. The van der Waals surface area contributed by atoms with E-state index < -0.39 is 10.0 Å². The zero-order chi connectivity index (χ0) is 16.2. The Hall–Kier alpha value is -1.67. The molecule has 1 aromatic rings. The van der Waals surface area contributed by atoms with Gasteiger partial charge in [0.15, 0.2) is 0 Å². The lowest BCUT2D eigenvalue weighted by Gasteiger charge is -2.32. The first kappa shape index (κ1) is 16.7. The van der Waals surface area contributed by atoms with E-state index in [1.807, 2.05) is 19.1 Å². The van der Waals surface area contributed by atoms with E-state index in [1.54, 1.807) is 11.1 Å². The smallest absolute Gasteiger partial charge is 0.317 e. The van der Waals surface area contributed by atoms with Gasteiger partial charge in [-0.2, -0.15) is 0 Å². The molecule has 2 rings (SSSR count). The fourth-order valence-corrected chi connectivity index (χ4v) is 3.25. The first-order chi connectivity index (χ1) is 10.3. The summed E-state index contributed by atoms with van der Waals surface area (Å²) in [6, 6.07) is 3.43. The van der Waals surface area contributed by atoms with E-state index in [0.717, 1.165) is 30.4 Å². The van der Waals surface area contributed by atoms with Gasteiger partial charge in [0.05, 0.1) is 6.26 Å². The van der Waals surface area contributed by atoms with Gasteiger partial charge in [-0.25, -0.2) is 17.9 Å². The summed E-state index contributed by atoms with van der Waals surface area (Å²) in [4.78, 5) is 18.0. The average molecular weight is 326 g/mol. The van der Waals surface area contributed by atoms with E-state index in [1.165, 1.54) is 0 Å². The van der Waals surface area contributed by atoms with Crippen LogP contribution in [-0.2, 0) is 16.6 Å². The van der Waals surface area contributed by atoms with Gasteiger partial charge >= 0.3 is 6.03 Å². The van der Waals surface area contributed by atoms with Crippen molar-refractivity contribution in [3.05, 3.63) is 29.6 Å². The predicted octanol–water partition coefficient (Wildman–Crippen LogP) is 0.613. The van der Waals surface area contributed by atoms with Crippen LogP contribution in [0.2, 0.25) is 0 Å². The highest BCUT2D eigenvalue weighted by molar-refractivity contribution is 7.88. The van der Waals surface area contributed by atoms with Crippen molar-refractivity contribution in [1.82, 2.24) is 19.9 Å². The summed E-state index contributed by atoms with van der Waals surface area (Å²) >= 11 is 0. The molecule has 0 aromatic carbocycles. The molecule has 2 amide bonds. The minimum Gasteiger partial charge on any atom is -0.334 e. The Morgan fingerprint density at radius 3 is 2.86 bits per heavy atom. The molecule has 7 nitrogen and oxygen atoms in total. The molecule has 1 fully saturated rings. The quantitative estimate of drug-likeness (QED) is 0.848. The molecule has 1 atom stereocenters. The predicted molar refractivity (Wildman–Crippen MR) is 83.8 cm³/mol. The van der Waals surface area contributed by atoms with Gasteiger partial charge in [-0.15, -0.1) is 0 Å². The number of pyridine rings is 1. The molecule has 122 valence electrons. The van der Waals surface area contributed by atoms with Crippen LogP contribution < -0.4 is 10.0 Å². The Morgan fingerprint density at radius 1 is 1.45 bits per heavy atom. The number of carbonyl (C=O) groups is 1. The number of nitrogens with zero attached hydrogens (tertiary/aromatic N) is 2. The molecule has 2 N–H and O–H groups in total. The van der Waals surface area contributed by atoms with Crippen LogP contribution in [0.5, 0.6) is 0 Å². The van der Waals surface area contributed by atoms with Crippen molar-refractivity contribution in [2.75, 3.05) is 19.3 Å². The van der Waals surface area contributed by atoms with Crippen molar-refractivity contribution in [2.24, 2.45) is 0 Å². The van der Waals surface area contributed by atoms with Gasteiger partial charge in [-0.05, 0) is 31.4 Å². The number of aryl methyl sites for hydroxylation is 1. The summed E-state index contributed by atoms with van der Waals surface area (Å²) in [5.41, 5.74) is 1.86. The van der Waals surface area contributed by atoms with Crippen molar-refractivity contribution >= 4 is 16.1 Å². The molecule has 0 aliphatic carbocycles. The van der Waals surface area contributed by atoms with Crippen molar-refractivity contribution in [3.8, 4) is 0 Å². The highest BCUT2D eigenvalue weighted by atomic mass is 32.2. The molecule has 8 heteroatoms. The van der Waals surface area contributed by atoms with Crippen LogP contribution >= 0.6 is 0 Å². The zero-order valence-corrected chi connectivity index (χ0v) is 13.7. The number of rotatable bonds is 4. The van der Waals surface area contributed by atoms with E-state index >= 15 is 0 Å². The van der Waals surface area contributed by atoms with Crippen LogP contribution in [0, 0.1) is 6.92 Å². The highest BCUT2D eigenvalue weighted by Gasteiger charge is 2.25. The van der Waals surface area contributed by atoms with Gasteiger partial charge in [0.25, 0.3) is 0 Å². The van der Waals surface area contributed by atoms with Crippen LogP contribution in [0.25, 0.3) is 0 Å². The maximum atomic E-state index is 12.2. The minimum absolute atomic E-state index is 0.180. The number of likely N-dealkylation sites (tertiary alicyclic amines) is 1. The summed E-state index contributed by atoms with van der Waals surface area (Å²) in [6.45, 7) is 3.35. The SMILES string of the molecule is Cc1ccc(CNC(=O)N2CCCC(NS(C)(=O)=O)C2)cn1. The van der Waals surface area contributed by atoms with Gasteiger partial charge in [0, 0.05) is 37.6 Å². The van der Waals surface area contributed by atoms with E-state index in [0.29, 0.717) is 19.6 Å². The number of aromatic nitrogens is 1. The highest BCUT2D eigenvalue weighted by Crippen LogP contribution is 2.11. The first-order valence-corrected chi connectivity index (χ1v) is 9.14. The maximum Gasteiger partial charge on any atom is 0.317 e. The lowest BCUT2D eigenvalue weighted by atomic mass is 10.1. The summed E-state index contributed by atoms with van der Waals surface area (Å²) in [6.07, 6.45) is 4.40. The number of piperidine rings is 1. The topological polar surface area (TPSA) is 91.4 Å². The Morgan fingerprint density at radius 2 is 2.23 bits per heavy atom. The van der Waals surface area contributed by atoms with Gasteiger partial charge in [-0.1, -0.05) is 6.07 Å². The fraction of sp³-hybridized carbons (Fsp3) is 0.571. The van der Waals surface area contributed by atoms with Gasteiger partial charge in [0.2, 0.25) is 10.0 Å². The molecule has 2 heterocycles. The minimum atomic E-state index is -3.25. The first-order valence-electron chi connectivity index (χ1n) is 7.25. The third kappa shape index (κ3) is 5.27. The molecule has 1 unspecified atom stereocenters. The number of amides is 2. The summed E-state index contributed by atoms with van der Waals surface area (Å²) < 4.78 is 25.1. The molecule has 1 saturated heterocycles. The zero-order valence-electron chi connectivity index (χ0n) is 12.9. The second-order valence-corrected chi connectivity index (χ2v) is 7.42. The second-order valence-electron chi connectivity index (χ2n) is 5.64. The molecule has 22 heavy (non-hydrogen) atoms. The number of hydrogen-bond donors (Lipinski definition) is 2. The van der Waals surface area contributed by atoms with Crippen molar-refractivity contribution in [2.45, 2.75) is 32.4 Å². The number of hydrogen-bond acceptors (Lipinski definition) is 4. The monoisotopic (exact) mass is 326 g/mol. The molecular weight excluding hydrogens is 304 g/mol. The lowest BCUT2D eigenvalue weighted by Crippen LogP contribution is -2.51. The van der Waals surface area contributed by atoms with Gasteiger partial charge < -0.3 is 10.2 Å². The van der Waals surface area contributed by atoms with Gasteiger partial charge in [-0.3, -0.25) is 4.98 Å². The van der Waals surface area contributed by atoms with E-state index in [2.05, 4.69) is 15.0 Å². The Labute approximate surface area is 131 Å². The van der Waals surface area contributed by atoms with Crippen molar-refractivity contribution < 1.29 is 13.2 Å². The molecule has 0 saturated carbocycles. The molecular formula is C14H22N4O3S. The number of carbonyl (C=O) groups excluding carboxylic acids is 1. The summed E-state index contributed by atoms with van der Waals surface area (Å²) in [7, 11) is -3.25. The third-order valence-corrected chi connectivity index (χ3v) is 4.27. The van der Waals surface area contributed by atoms with Crippen LogP contribution in [0.4, 0.5) is 4.79 Å². The summed E-state index contributed by atoms with van der Waals surface area (Å²) in [5, 5.41) is 2.84.